The Kier molecular flexibility index (Phi) is 5.88. The maximum Gasteiger partial charge on any atom is 0.227 e. The Morgan fingerprint density at radius 1 is 1.11 bits per heavy atom. The van der Waals surface area contributed by atoms with E-state index in [1.165, 1.54) is 47.7 Å². The van der Waals surface area contributed by atoms with E-state index < -0.39 is 15.7 Å². The average molecular weight is 425 g/mol. The fourth-order valence-electron chi connectivity index (χ4n) is 2.25. The minimum absolute atomic E-state index is 0.118. The van der Waals surface area contributed by atoms with Crippen molar-refractivity contribution in [2.24, 2.45) is 0 Å². The molecule has 9 heteroatoms. The molecule has 0 fully saturated rings. The molecule has 0 aliphatic heterocycles. The summed E-state index contributed by atoms with van der Waals surface area (Å²) < 4.78 is 37.5. The molecular weight excluding hydrogens is 411 g/mol. The van der Waals surface area contributed by atoms with Crippen LogP contribution >= 0.6 is 22.9 Å². The molecule has 1 heterocycles. The van der Waals surface area contributed by atoms with Crippen molar-refractivity contribution in [3.05, 3.63) is 64.8 Å². The molecule has 1 aromatic heterocycles. The van der Waals surface area contributed by atoms with Gasteiger partial charge in [-0.3, -0.25) is 4.79 Å². The van der Waals surface area contributed by atoms with E-state index in [9.17, 15) is 17.6 Å². The Balaban J connectivity index is 1.59. The number of thiazole rings is 1. The quantitative estimate of drug-likeness (QED) is 0.636. The molecule has 0 unspecified atom stereocenters. The number of carbonyl (C=O) groups excluding carboxylic acids is 1. The monoisotopic (exact) mass is 424 g/mol. The maximum absolute atomic E-state index is 13.0. The van der Waals surface area contributed by atoms with E-state index in [1.54, 1.807) is 17.5 Å². The zero-order chi connectivity index (χ0) is 19.4. The summed E-state index contributed by atoms with van der Waals surface area (Å²) >= 11 is 6.96. The second-order valence-electron chi connectivity index (χ2n) is 5.62. The first-order chi connectivity index (χ1) is 12.8. The largest absolute Gasteiger partial charge is 0.302 e. The lowest BCUT2D eigenvalue weighted by atomic mass is 10.2. The summed E-state index contributed by atoms with van der Waals surface area (Å²) in [4.78, 5) is 16.4. The van der Waals surface area contributed by atoms with E-state index in [0.717, 1.165) is 5.56 Å². The minimum Gasteiger partial charge on any atom is -0.302 e. The van der Waals surface area contributed by atoms with Gasteiger partial charge in [0.25, 0.3) is 0 Å². The summed E-state index contributed by atoms with van der Waals surface area (Å²) in [6.45, 7) is 0. The molecule has 1 amide bonds. The summed E-state index contributed by atoms with van der Waals surface area (Å²) in [6.07, 6.45) is -0.198. The van der Waals surface area contributed by atoms with Gasteiger partial charge in [0.1, 0.15) is 5.82 Å². The Morgan fingerprint density at radius 2 is 1.78 bits per heavy atom. The van der Waals surface area contributed by atoms with Crippen LogP contribution in [-0.2, 0) is 14.6 Å². The van der Waals surface area contributed by atoms with Crippen molar-refractivity contribution in [3.8, 4) is 11.3 Å². The van der Waals surface area contributed by atoms with E-state index in [1.807, 2.05) is 0 Å². The second kappa shape index (κ2) is 8.16. The van der Waals surface area contributed by atoms with Crippen molar-refractivity contribution >= 4 is 43.8 Å². The standard InChI is InChI=1S/C18H14ClFN2O3S2/c19-13-3-7-15(8-4-13)27(24,25)10-9-17(23)22-18-21-16(11-26-18)12-1-5-14(20)6-2-12/h1-8,11H,9-10H2,(H,21,22,23). The Bertz CT molecular complexity index is 1050. The number of halogens is 2. The summed E-state index contributed by atoms with van der Waals surface area (Å²) in [5, 5.41) is 5.10. The van der Waals surface area contributed by atoms with Crippen LogP contribution in [0.3, 0.4) is 0 Å². The fraction of sp³-hybridized carbons (Fsp3) is 0.111. The summed E-state index contributed by atoms with van der Waals surface area (Å²) in [5.74, 6) is -1.12. The highest BCUT2D eigenvalue weighted by molar-refractivity contribution is 7.91. The van der Waals surface area contributed by atoms with Crippen LogP contribution in [0, 0.1) is 5.82 Å². The summed E-state index contributed by atoms with van der Waals surface area (Å²) in [5.41, 5.74) is 1.32. The maximum atomic E-state index is 13.0. The van der Waals surface area contributed by atoms with Gasteiger partial charge in [-0.05, 0) is 48.5 Å². The average Bonchev–Trinajstić information content (AvgIpc) is 3.09. The van der Waals surface area contributed by atoms with Crippen molar-refractivity contribution < 1.29 is 17.6 Å². The van der Waals surface area contributed by atoms with E-state index >= 15 is 0 Å². The fourth-order valence-corrected chi connectivity index (χ4v) is 4.36. The first-order valence-electron chi connectivity index (χ1n) is 7.83. The van der Waals surface area contributed by atoms with Crippen LogP contribution in [-0.4, -0.2) is 25.1 Å². The van der Waals surface area contributed by atoms with E-state index in [4.69, 9.17) is 11.6 Å². The Hall–Kier alpha value is -2.29. The van der Waals surface area contributed by atoms with Gasteiger partial charge in [0, 0.05) is 22.4 Å². The molecule has 3 rings (SSSR count). The van der Waals surface area contributed by atoms with Crippen molar-refractivity contribution in [2.75, 3.05) is 11.1 Å². The molecule has 0 spiro atoms. The van der Waals surface area contributed by atoms with Gasteiger partial charge < -0.3 is 5.32 Å². The van der Waals surface area contributed by atoms with Crippen molar-refractivity contribution in [2.45, 2.75) is 11.3 Å². The zero-order valence-corrected chi connectivity index (χ0v) is 16.2. The number of aromatic nitrogens is 1. The molecule has 0 saturated heterocycles. The predicted molar refractivity (Wildman–Crippen MR) is 104 cm³/mol. The molecule has 1 N–H and O–H groups in total. The molecule has 0 aliphatic rings. The summed E-state index contributed by atoms with van der Waals surface area (Å²) in [7, 11) is -3.58. The topological polar surface area (TPSA) is 76.1 Å². The molecule has 0 aliphatic carbocycles. The third kappa shape index (κ3) is 5.12. The van der Waals surface area contributed by atoms with E-state index in [-0.39, 0.29) is 22.9 Å². The molecule has 0 saturated carbocycles. The molecule has 27 heavy (non-hydrogen) atoms. The number of nitrogens with zero attached hydrogens (tertiary/aromatic N) is 1. The van der Waals surface area contributed by atoms with Crippen LogP contribution < -0.4 is 5.32 Å². The first-order valence-corrected chi connectivity index (χ1v) is 10.7. The number of carbonyl (C=O) groups is 1. The van der Waals surface area contributed by atoms with Crippen LogP contribution in [0.15, 0.2) is 58.8 Å². The molecule has 140 valence electrons. The molecule has 0 radical (unpaired) electrons. The Labute approximate surface area is 164 Å². The number of anilines is 1. The number of benzene rings is 2. The molecule has 0 bridgehead atoms. The summed E-state index contributed by atoms with van der Waals surface area (Å²) in [6, 6.07) is 11.6. The van der Waals surface area contributed by atoms with Crippen LogP contribution in [0.5, 0.6) is 0 Å². The van der Waals surface area contributed by atoms with Crippen LogP contribution in [0.25, 0.3) is 11.3 Å². The number of rotatable bonds is 6. The molecule has 0 atom stereocenters. The SMILES string of the molecule is O=C(CCS(=O)(=O)c1ccc(Cl)cc1)Nc1nc(-c2ccc(F)cc2)cs1. The number of hydrogen-bond donors (Lipinski definition) is 1. The zero-order valence-electron chi connectivity index (χ0n) is 13.9. The van der Waals surface area contributed by atoms with Crippen molar-refractivity contribution in [1.29, 1.82) is 0 Å². The number of sulfone groups is 1. The number of hydrogen-bond acceptors (Lipinski definition) is 5. The highest BCUT2D eigenvalue weighted by Gasteiger charge is 2.17. The lowest BCUT2D eigenvalue weighted by Crippen LogP contribution is -2.17. The highest BCUT2D eigenvalue weighted by atomic mass is 35.5. The lowest BCUT2D eigenvalue weighted by Gasteiger charge is -2.05. The third-order valence-corrected chi connectivity index (χ3v) is 6.40. The van der Waals surface area contributed by atoms with E-state index in [0.29, 0.717) is 15.8 Å². The van der Waals surface area contributed by atoms with Crippen LogP contribution in [0.1, 0.15) is 6.42 Å². The molecule has 3 aromatic rings. The predicted octanol–water partition coefficient (Wildman–Crippen LogP) is 4.41. The van der Waals surface area contributed by atoms with Crippen LogP contribution in [0.4, 0.5) is 9.52 Å². The van der Waals surface area contributed by atoms with Gasteiger partial charge in [-0.2, -0.15) is 0 Å². The Morgan fingerprint density at radius 3 is 2.44 bits per heavy atom. The second-order valence-corrected chi connectivity index (χ2v) is 9.02. The van der Waals surface area contributed by atoms with Gasteiger partial charge in [-0.15, -0.1) is 11.3 Å². The smallest absolute Gasteiger partial charge is 0.227 e. The normalized spacial score (nSPS) is 11.3. The van der Waals surface area contributed by atoms with Gasteiger partial charge in [-0.25, -0.2) is 17.8 Å². The van der Waals surface area contributed by atoms with Crippen molar-refractivity contribution in [1.82, 2.24) is 4.98 Å². The van der Waals surface area contributed by atoms with Crippen LogP contribution in [0.2, 0.25) is 5.02 Å². The first kappa shape index (κ1) is 19.5. The minimum atomic E-state index is -3.58. The van der Waals surface area contributed by atoms with Gasteiger partial charge >= 0.3 is 0 Å². The molecule has 2 aromatic carbocycles. The van der Waals surface area contributed by atoms with E-state index in [2.05, 4.69) is 10.3 Å². The van der Waals surface area contributed by atoms with Gasteiger partial charge in [0.15, 0.2) is 15.0 Å². The number of amides is 1. The van der Waals surface area contributed by atoms with Gasteiger partial charge in [-0.1, -0.05) is 11.6 Å². The molecular formula is C18H14ClFN2O3S2. The van der Waals surface area contributed by atoms with Crippen molar-refractivity contribution in [3.63, 3.8) is 0 Å². The lowest BCUT2D eigenvalue weighted by molar-refractivity contribution is -0.115. The van der Waals surface area contributed by atoms with Gasteiger partial charge in [0.2, 0.25) is 5.91 Å². The number of nitrogens with one attached hydrogen (secondary N) is 1. The third-order valence-electron chi connectivity index (χ3n) is 3.66. The molecule has 5 nitrogen and oxygen atoms in total. The van der Waals surface area contributed by atoms with Gasteiger partial charge in [0.05, 0.1) is 16.3 Å². The highest BCUT2D eigenvalue weighted by Crippen LogP contribution is 2.25.